The molecular formula is C18H22N6O4. The molecule has 1 N–H and O–H groups in total. The van der Waals surface area contributed by atoms with Gasteiger partial charge in [-0.15, -0.1) is 5.10 Å². The number of rotatable bonds is 4. The molecule has 0 spiro atoms. The second-order valence-electron chi connectivity index (χ2n) is 7.12. The maximum absolute atomic E-state index is 12.7. The number of carbonyl (C=O) groups is 3. The highest BCUT2D eigenvalue weighted by atomic mass is 16.5. The molecule has 28 heavy (non-hydrogen) atoms. The molecule has 2 aliphatic rings. The Bertz CT molecular complexity index is 904. The Labute approximate surface area is 161 Å². The molecule has 2 aromatic heterocycles. The van der Waals surface area contributed by atoms with Gasteiger partial charge in [0.15, 0.2) is 5.65 Å². The van der Waals surface area contributed by atoms with Crippen LogP contribution in [0, 0.1) is 11.8 Å². The van der Waals surface area contributed by atoms with Crippen molar-refractivity contribution < 1.29 is 19.1 Å². The summed E-state index contributed by atoms with van der Waals surface area (Å²) in [6, 6.07) is 3.17. The molecule has 2 aromatic rings. The van der Waals surface area contributed by atoms with E-state index >= 15 is 0 Å². The highest BCUT2D eigenvalue weighted by molar-refractivity contribution is 6.08. The first-order valence-electron chi connectivity index (χ1n) is 9.30. The summed E-state index contributed by atoms with van der Waals surface area (Å²) in [4.78, 5) is 43.2. The van der Waals surface area contributed by atoms with Gasteiger partial charge in [0, 0.05) is 45.1 Å². The number of fused-ring (bicyclic) bond motifs is 1. The number of likely N-dealkylation sites (tertiary alicyclic amines) is 1. The molecule has 148 valence electrons. The second-order valence-corrected chi connectivity index (χ2v) is 7.12. The molecule has 4 rings (SSSR count). The van der Waals surface area contributed by atoms with E-state index in [9.17, 15) is 14.4 Å². The molecule has 2 saturated heterocycles. The molecule has 0 bridgehead atoms. The predicted molar refractivity (Wildman–Crippen MR) is 97.4 cm³/mol. The first-order valence-corrected chi connectivity index (χ1v) is 9.30. The van der Waals surface area contributed by atoms with Crippen molar-refractivity contribution >= 4 is 23.5 Å². The minimum absolute atomic E-state index is 0.0618. The van der Waals surface area contributed by atoms with Gasteiger partial charge in [0.1, 0.15) is 5.92 Å². The number of hydrogen-bond donors (Lipinski definition) is 1. The van der Waals surface area contributed by atoms with Crippen LogP contribution in [0.2, 0.25) is 0 Å². The lowest BCUT2D eigenvalue weighted by atomic mass is 9.95. The van der Waals surface area contributed by atoms with Gasteiger partial charge in [0.2, 0.25) is 17.7 Å². The third-order valence-electron chi connectivity index (χ3n) is 5.31. The molecular weight excluding hydrogens is 364 g/mol. The Morgan fingerprint density at radius 3 is 2.86 bits per heavy atom. The van der Waals surface area contributed by atoms with E-state index in [-0.39, 0.29) is 12.5 Å². The molecule has 0 radical (unpaired) electrons. The van der Waals surface area contributed by atoms with Crippen LogP contribution in [0.3, 0.4) is 0 Å². The van der Waals surface area contributed by atoms with Gasteiger partial charge >= 0.3 is 6.03 Å². The van der Waals surface area contributed by atoms with Gasteiger partial charge in [0.05, 0.1) is 6.61 Å². The van der Waals surface area contributed by atoms with Crippen molar-refractivity contribution in [1.82, 2.24) is 29.7 Å². The minimum Gasteiger partial charge on any atom is -0.476 e. The summed E-state index contributed by atoms with van der Waals surface area (Å²) in [5, 5.41) is 6.91. The molecule has 0 saturated carbocycles. The molecule has 1 unspecified atom stereocenters. The number of piperidine rings is 1. The zero-order valence-corrected chi connectivity index (χ0v) is 15.6. The third kappa shape index (κ3) is 3.49. The lowest BCUT2D eigenvalue weighted by Crippen LogP contribution is -2.58. The summed E-state index contributed by atoms with van der Waals surface area (Å²) >= 11 is 0. The van der Waals surface area contributed by atoms with Crippen LogP contribution >= 0.6 is 0 Å². The van der Waals surface area contributed by atoms with Crippen LogP contribution in [0.1, 0.15) is 12.8 Å². The molecule has 10 heteroatoms. The number of imidazole rings is 1. The SMILES string of the molecule is CN1C(=O)NCC(C(=O)N2CCC(COc3ccc4nccn4n3)CC2)C1=O. The largest absolute Gasteiger partial charge is 0.476 e. The van der Waals surface area contributed by atoms with Crippen LogP contribution in [0.4, 0.5) is 4.79 Å². The summed E-state index contributed by atoms with van der Waals surface area (Å²) in [7, 11) is 1.38. The average Bonchev–Trinajstić information content (AvgIpc) is 3.18. The average molecular weight is 386 g/mol. The molecule has 0 aliphatic carbocycles. The molecule has 1 atom stereocenters. The van der Waals surface area contributed by atoms with E-state index in [1.54, 1.807) is 27.9 Å². The lowest BCUT2D eigenvalue weighted by Gasteiger charge is -2.36. The standard InChI is InChI=1S/C18H22N6O4/c1-22-16(25)13(10-20-18(22)27)17(26)23-7-4-12(5-8-23)11-28-15-3-2-14-19-6-9-24(14)21-15/h2-3,6,9,12-13H,4-5,7-8,10-11H2,1H3,(H,20,27). The number of nitrogens with one attached hydrogen (secondary N) is 1. The summed E-state index contributed by atoms with van der Waals surface area (Å²) in [5.41, 5.74) is 0.762. The third-order valence-corrected chi connectivity index (χ3v) is 5.31. The first-order chi connectivity index (χ1) is 13.5. The number of imide groups is 1. The highest BCUT2D eigenvalue weighted by Gasteiger charge is 2.39. The maximum atomic E-state index is 12.7. The Hall–Kier alpha value is -3.17. The minimum atomic E-state index is -0.832. The van der Waals surface area contributed by atoms with Crippen molar-refractivity contribution in [1.29, 1.82) is 0 Å². The van der Waals surface area contributed by atoms with Crippen LogP contribution in [0.25, 0.3) is 5.65 Å². The van der Waals surface area contributed by atoms with Gasteiger partial charge in [0.25, 0.3) is 0 Å². The number of aromatic nitrogens is 3. The molecule has 2 aliphatic heterocycles. The zero-order chi connectivity index (χ0) is 19.7. The molecule has 4 heterocycles. The van der Waals surface area contributed by atoms with Crippen molar-refractivity contribution in [3.8, 4) is 5.88 Å². The van der Waals surface area contributed by atoms with Gasteiger partial charge in [-0.25, -0.2) is 14.3 Å². The van der Waals surface area contributed by atoms with Gasteiger partial charge in [-0.3, -0.25) is 14.5 Å². The number of ether oxygens (including phenoxy) is 1. The first kappa shape index (κ1) is 18.2. The van der Waals surface area contributed by atoms with E-state index in [0.717, 1.165) is 23.4 Å². The lowest BCUT2D eigenvalue weighted by molar-refractivity contribution is -0.146. The fourth-order valence-electron chi connectivity index (χ4n) is 3.54. The van der Waals surface area contributed by atoms with Gasteiger partial charge in [-0.05, 0) is 24.8 Å². The Kier molecular flexibility index (Phi) is 4.84. The van der Waals surface area contributed by atoms with Crippen molar-refractivity contribution in [3.63, 3.8) is 0 Å². The van der Waals surface area contributed by atoms with Crippen LogP contribution < -0.4 is 10.1 Å². The van der Waals surface area contributed by atoms with E-state index < -0.39 is 17.9 Å². The zero-order valence-electron chi connectivity index (χ0n) is 15.6. The normalized spacial score (nSPS) is 21.1. The number of carbonyl (C=O) groups excluding carboxylic acids is 3. The van der Waals surface area contributed by atoms with E-state index in [4.69, 9.17) is 4.74 Å². The molecule has 0 aromatic carbocycles. The second kappa shape index (κ2) is 7.45. The van der Waals surface area contributed by atoms with Crippen LogP contribution in [-0.4, -0.2) is 75.5 Å². The van der Waals surface area contributed by atoms with Crippen LogP contribution in [0.5, 0.6) is 5.88 Å². The highest BCUT2D eigenvalue weighted by Crippen LogP contribution is 2.21. The fourth-order valence-corrected chi connectivity index (χ4v) is 3.54. The number of amides is 4. The van der Waals surface area contributed by atoms with Crippen LogP contribution in [-0.2, 0) is 9.59 Å². The van der Waals surface area contributed by atoms with Crippen LogP contribution in [0.15, 0.2) is 24.5 Å². The number of hydrogen-bond acceptors (Lipinski definition) is 6. The number of nitrogens with zero attached hydrogens (tertiary/aromatic N) is 5. The predicted octanol–water partition coefficient (Wildman–Crippen LogP) is 0.144. The smallest absolute Gasteiger partial charge is 0.323 e. The Morgan fingerprint density at radius 1 is 1.29 bits per heavy atom. The maximum Gasteiger partial charge on any atom is 0.323 e. The topological polar surface area (TPSA) is 109 Å². The van der Waals surface area contributed by atoms with Gasteiger partial charge < -0.3 is 15.0 Å². The summed E-state index contributed by atoms with van der Waals surface area (Å²) in [6.45, 7) is 1.73. The monoisotopic (exact) mass is 386 g/mol. The summed E-state index contributed by atoms with van der Waals surface area (Å²) < 4.78 is 7.47. The Morgan fingerprint density at radius 2 is 2.07 bits per heavy atom. The van der Waals surface area contributed by atoms with E-state index in [1.807, 2.05) is 6.07 Å². The summed E-state index contributed by atoms with van der Waals surface area (Å²) in [5.74, 6) is -0.644. The van der Waals surface area contributed by atoms with E-state index in [0.29, 0.717) is 31.5 Å². The molecule has 10 nitrogen and oxygen atoms in total. The van der Waals surface area contributed by atoms with Gasteiger partial charge in [-0.2, -0.15) is 0 Å². The quantitative estimate of drug-likeness (QED) is 0.749. The number of urea groups is 1. The van der Waals surface area contributed by atoms with Crippen molar-refractivity contribution in [2.24, 2.45) is 11.8 Å². The Balaban J connectivity index is 1.27. The van der Waals surface area contributed by atoms with Crippen molar-refractivity contribution in [2.45, 2.75) is 12.8 Å². The van der Waals surface area contributed by atoms with Gasteiger partial charge in [-0.1, -0.05) is 0 Å². The van der Waals surface area contributed by atoms with Crippen molar-refractivity contribution in [3.05, 3.63) is 24.5 Å². The molecule has 4 amide bonds. The van der Waals surface area contributed by atoms with E-state index in [1.165, 1.54) is 7.05 Å². The molecule has 2 fully saturated rings. The summed E-state index contributed by atoms with van der Waals surface area (Å²) in [6.07, 6.45) is 5.03. The van der Waals surface area contributed by atoms with E-state index in [2.05, 4.69) is 15.4 Å². The van der Waals surface area contributed by atoms with Crippen molar-refractivity contribution in [2.75, 3.05) is 33.3 Å². The fraction of sp³-hybridized carbons (Fsp3) is 0.500.